The summed E-state index contributed by atoms with van der Waals surface area (Å²) in [5.74, 6) is -0.0256. The number of carbonyl (C=O) groups excluding carboxylic acids is 1. The van der Waals surface area contributed by atoms with Gasteiger partial charge in [-0.1, -0.05) is 48.6 Å². The quantitative estimate of drug-likeness (QED) is 0.727. The van der Waals surface area contributed by atoms with Crippen LogP contribution < -0.4 is 0 Å². The van der Waals surface area contributed by atoms with Crippen molar-refractivity contribution in [1.82, 2.24) is 4.98 Å². The predicted molar refractivity (Wildman–Crippen MR) is 90.1 cm³/mol. The molecule has 0 radical (unpaired) electrons. The van der Waals surface area contributed by atoms with Crippen LogP contribution in [0, 0.1) is 0 Å². The zero-order chi connectivity index (χ0) is 15.6. The van der Waals surface area contributed by atoms with Crippen molar-refractivity contribution in [3.05, 3.63) is 71.6 Å². The van der Waals surface area contributed by atoms with E-state index in [0.717, 1.165) is 16.7 Å². The zero-order valence-corrected chi connectivity index (χ0v) is 12.6. The lowest BCUT2D eigenvalue weighted by Crippen LogP contribution is -2.04. The molecule has 0 saturated heterocycles. The summed E-state index contributed by atoms with van der Waals surface area (Å²) in [7, 11) is 0. The summed E-state index contributed by atoms with van der Waals surface area (Å²) in [6.07, 6.45) is 11.0. The van der Waals surface area contributed by atoms with E-state index >= 15 is 0 Å². The van der Waals surface area contributed by atoms with Crippen molar-refractivity contribution in [3.8, 4) is 0 Å². The number of hydrogen-bond acceptors (Lipinski definition) is 3. The molecular weight excluding hydrogens is 274 g/mol. The van der Waals surface area contributed by atoms with Crippen molar-refractivity contribution in [2.24, 2.45) is 0 Å². The fourth-order valence-corrected chi connectivity index (χ4v) is 1.83. The van der Waals surface area contributed by atoms with Gasteiger partial charge in [0.1, 0.15) is 6.61 Å². The Morgan fingerprint density at radius 1 is 1.05 bits per heavy atom. The second kappa shape index (κ2) is 8.70. The van der Waals surface area contributed by atoms with E-state index < -0.39 is 0 Å². The van der Waals surface area contributed by atoms with E-state index in [2.05, 4.69) is 4.98 Å². The van der Waals surface area contributed by atoms with Crippen LogP contribution in [0.4, 0.5) is 0 Å². The summed E-state index contributed by atoms with van der Waals surface area (Å²) in [5, 5.41) is 0. The summed E-state index contributed by atoms with van der Waals surface area (Å²) < 4.78 is 5.06. The Labute approximate surface area is 131 Å². The molecule has 0 unspecified atom stereocenters. The maximum atomic E-state index is 11.5. The van der Waals surface area contributed by atoms with E-state index in [9.17, 15) is 4.79 Å². The van der Waals surface area contributed by atoms with Gasteiger partial charge in [0.2, 0.25) is 0 Å². The number of nitrogens with zero attached hydrogens (tertiary/aromatic N) is 1. The average Bonchev–Trinajstić information content (AvgIpc) is 2.58. The van der Waals surface area contributed by atoms with Gasteiger partial charge in [0, 0.05) is 19.0 Å². The molecule has 2 aromatic rings. The molecule has 1 aromatic heterocycles. The van der Waals surface area contributed by atoms with Gasteiger partial charge in [-0.15, -0.1) is 0 Å². The van der Waals surface area contributed by atoms with Crippen molar-refractivity contribution in [2.45, 2.75) is 6.92 Å². The number of pyridine rings is 1. The van der Waals surface area contributed by atoms with E-state index in [0.29, 0.717) is 6.61 Å². The maximum Gasteiger partial charge on any atom is 0.181 e. The van der Waals surface area contributed by atoms with Gasteiger partial charge in [0.15, 0.2) is 5.78 Å². The van der Waals surface area contributed by atoms with Gasteiger partial charge in [-0.2, -0.15) is 0 Å². The van der Waals surface area contributed by atoms with E-state index in [1.807, 2.05) is 61.7 Å². The van der Waals surface area contributed by atoms with Crippen molar-refractivity contribution in [3.63, 3.8) is 0 Å². The largest absolute Gasteiger partial charge is 0.374 e. The van der Waals surface area contributed by atoms with Crippen LogP contribution in [-0.4, -0.2) is 24.0 Å². The first-order valence-corrected chi connectivity index (χ1v) is 7.25. The van der Waals surface area contributed by atoms with Gasteiger partial charge in [-0.3, -0.25) is 9.78 Å². The Balaban J connectivity index is 1.94. The SMILES string of the molecule is CCOCC(=O)C=Cc1ccc(C=Cc2cccnc2)cc1. The molecule has 3 nitrogen and oxygen atoms in total. The van der Waals surface area contributed by atoms with E-state index in [1.54, 1.807) is 18.3 Å². The number of benzene rings is 1. The molecule has 0 aliphatic rings. The molecule has 1 heterocycles. The zero-order valence-electron chi connectivity index (χ0n) is 12.6. The minimum atomic E-state index is -0.0256. The third kappa shape index (κ3) is 5.46. The number of aromatic nitrogens is 1. The smallest absolute Gasteiger partial charge is 0.181 e. The molecule has 0 spiro atoms. The molecule has 22 heavy (non-hydrogen) atoms. The highest BCUT2D eigenvalue weighted by molar-refractivity contribution is 5.94. The highest BCUT2D eigenvalue weighted by atomic mass is 16.5. The lowest BCUT2D eigenvalue weighted by Gasteiger charge is -1.97. The first-order chi connectivity index (χ1) is 10.8. The molecular formula is C19H19NO2. The van der Waals surface area contributed by atoms with Crippen LogP contribution in [0.1, 0.15) is 23.6 Å². The minimum absolute atomic E-state index is 0.0256. The van der Waals surface area contributed by atoms with Gasteiger partial charge in [0.05, 0.1) is 0 Å². The fraction of sp³-hybridized carbons (Fsp3) is 0.158. The molecule has 0 aliphatic heterocycles. The summed E-state index contributed by atoms with van der Waals surface area (Å²) in [5.41, 5.74) is 3.15. The van der Waals surface area contributed by atoms with E-state index in [1.165, 1.54) is 0 Å². The summed E-state index contributed by atoms with van der Waals surface area (Å²) >= 11 is 0. The van der Waals surface area contributed by atoms with Crippen molar-refractivity contribution < 1.29 is 9.53 Å². The molecule has 0 amide bonds. The van der Waals surface area contributed by atoms with Gasteiger partial charge in [0.25, 0.3) is 0 Å². The Bertz CT molecular complexity index is 643. The van der Waals surface area contributed by atoms with Crippen LogP contribution in [0.5, 0.6) is 0 Å². The van der Waals surface area contributed by atoms with E-state index in [4.69, 9.17) is 4.74 Å². The average molecular weight is 293 g/mol. The molecule has 0 N–H and O–H groups in total. The van der Waals surface area contributed by atoms with Gasteiger partial charge in [-0.05, 0) is 35.8 Å². The maximum absolute atomic E-state index is 11.5. The molecule has 112 valence electrons. The van der Waals surface area contributed by atoms with Crippen LogP contribution in [0.25, 0.3) is 18.2 Å². The number of ether oxygens (including phenoxy) is 1. The normalized spacial score (nSPS) is 11.3. The molecule has 0 atom stereocenters. The lowest BCUT2D eigenvalue weighted by molar-refractivity contribution is -0.118. The Morgan fingerprint density at radius 3 is 2.36 bits per heavy atom. The monoisotopic (exact) mass is 293 g/mol. The van der Waals surface area contributed by atoms with Crippen molar-refractivity contribution in [1.29, 1.82) is 0 Å². The Morgan fingerprint density at radius 2 is 1.73 bits per heavy atom. The number of ketones is 1. The molecule has 3 heteroatoms. The molecule has 2 rings (SSSR count). The molecule has 1 aromatic carbocycles. The predicted octanol–water partition coefficient (Wildman–Crippen LogP) is 3.87. The van der Waals surface area contributed by atoms with Crippen LogP contribution in [0.15, 0.2) is 54.9 Å². The summed E-state index contributed by atoms with van der Waals surface area (Å²) in [6.45, 7) is 2.56. The Kier molecular flexibility index (Phi) is 6.27. The molecule has 0 saturated carbocycles. The Hall–Kier alpha value is -2.52. The van der Waals surface area contributed by atoms with E-state index in [-0.39, 0.29) is 12.4 Å². The lowest BCUT2D eigenvalue weighted by atomic mass is 10.1. The molecule has 0 fully saturated rings. The standard InChI is InChI=1S/C19H19NO2/c1-2-22-15-19(21)12-11-17-7-5-16(6-8-17)9-10-18-4-3-13-20-14-18/h3-14H,2,15H2,1H3. The third-order valence-corrected chi connectivity index (χ3v) is 3.00. The number of carbonyl (C=O) groups is 1. The third-order valence-electron chi connectivity index (χ3n) is 3.00. The van der Waals surface area contributed by atoms with Crippen LogP contribution >= 0.6 is 0 Å². The van der Waals surface area contributed by atoms with Crippen LogP contribution in [0.2, 0.25) is 0 Å². The number of rotatable bonds is 7. The second-order valence-corrected chi connectivity index (χ2v) is 4.72. The van der Waals surface area contributed by atoms with Gasteiger partial charge >= 0.3 is 0 Å². The fourth-order valence-electron chi connectivity index (χ4n) is 1.83. The van der Waals surface area contributed by atoms with Crippen molar-refractivity contribution in [2.75, 3.05) is 13.2 Å². The summed E-state index contributed by atoms with van der Waals surface area (Å²) in [4.78, 5) is 15.5. The molecule has 0 bridgehead atoms. The second-order valence-electron chi connectivity index (χ2n) is 4.72. The highest BCUT2D eigenvalue weighted by Gasteiger charge is 1.95. The van der Waals surface area contributed by atoms with Gasteiger partial charge in [-0.25, -0.2) is 0 Å². The summed E-state index contributed by atoms with van der Waals surface area (Å²) in [6, 6.07) is 11.9. The van der Waals surface area contributed by atoms with Crippen LogP contribution in [0.3, 0.4) is 0 Å². The molecule has 0 aliphatic carbocycles. The van der Waals surface area contributed by atoms with Crippen LogP contribution in [-0.2, 0) is 9.53 Å². The first kappa shape index (κ1) is 15.9. The highest BCUT2D eigenvalue weighted by Crippen LogP contribution is 2.10. The first-order valence-electron chi connectivity index (χ1n) is 7.25. The van der Waals surface area contributed by atoms with Gasteiger partial charge < -0.3 is 4.74 Å². The minimum Gasteiger partial charge on any atom is -0.374 e. The topological polar surface area (TPSA) is 39.2 Å². The number of hydrogen-bond donors (Lipinski definition) is 0. The van der Waals surface area contributed by atoms with Crippen molar-refractivity contribution >= 4 is 24.0 Å².